The summed E-state index contributed by atoms with van der Waals surface area (Å²) in [5.74, 6) is 7.33. The first kappa shape index (κ1) is 18.7. The molecule has 5 rings (SSSR count). The third-order valence-electron chi connectivity index (χ3n) is 5.17. The summed E-state index contributed by atoms with van der Waals surface area (Å²) in [5, 5.41) is 14.7. The number of benzene rings is 2. The summed E-state index contributed by atoms with van der Waals surface area (Å²) < 4.78 is 2.05. The van der Waals surface area contributed by atoms with Crippen molar-refractivity contribution in [2.24, 2.45) is 0 Å². The van der Waals surface area contributed by atoms with Gasteiger partial charge in [-0.05, 0) is 59.4 Å². The van der Waals surface area contributed by atoms with Crippen molar-refractivity contribution in [3.05, 3.63) is 77.7 Å². The number of hydrogen-bond donors (Lipinski definition) is 1. The van der Waals surface area contributed by atoms with Crippen LogP contribution in [-0.4, -0.2) is 35.2 Å². The van der Waals surface area contributed by atoms with Crippen LogP contribution in [0.4, 0.5) is 0 Å². The van der Waals surface area contributed by atoms with Crippen molar-refractivity contribution in [3.63, 3.8) is 0 Å². The summed E-state index contributed by atoms with van der Waals surface area (Å²) in [4.78, 5) is 9.29. The Morgan fingerprint density at radius 3 is 2.68 bits per heavy atom. The number of nitrogens with zero attached hydrogens (tertiary/aromatic N) is 6. The Hall–Kier alpha value is -4.31. The van der Waals surface area contributed by atoms with E-state index in [1.807, 2.05) is 44.3 Å². The smallest absolute Gasteiger partial charge is 0.205 e. The van der Waals surface area contributed by atoms with Crippen LogP contribution < -0.4 is 0 Å². The molecule has 0 saturated heterocycles. The molecule has 1 N–H and O–H groups in total. The first-order chi connectivity index (χ1) is 15.2. The molecule has 150 valence electrons. The second kappa shape index (κ2) is 7.84. The Balaban J connectivity index is 1.64. The summed E-state index contributed by atoms with van der Waals surface area (Å²) in [6, 6.07) is 18.4. The first-order valence-electron chi connectivity index (χ1n) is 9.91. The van der Waals surface area contributed by atoms with E-state index in [0.29, 0.717) is 18.2 Å². The zero-order chi connectivity index (χ0) is 21.2. The zero-order valence-electron chi connectivity index (χ0n) is 17.2. The normalized spacial score (nSPS) is 10.8. The average molecular weight is 405 g/mol. The van der Waals surface area contributed by atoms with Crippen LogP contribution in [0.5, 0.6) is 0 Å². The molecule has 3 heterocycles. The van der Waals surface area contributed by atoms with Crippen molar-refractivity contribution >= 4 is 11.2 Å². The number of fused-ring (bicyclic) bond motifs is 1. The van der Waals surface area contributed by atoms with Gasteiger partial charge in [0.2, 0.25) is 5.82 Å². The molecule has 0 atom stereocenters. The largest absolute Gasteiger partial charge is 0.297 e. The molecule has 7 nitrogen and oxygen atoms in total. The van der Waals surface area contributed by atoms with E-state index in [2.05, 4.69) is 72.3 Å². The van der Waals surface area contributed by atoms with Crippen LogP contribution in [0.15, 0.2) is 60.8 Å². The van der Waals surface area contributed by atoms with Crippen LogP contribution >= 0.6 is 0 Å². The highest BCUT2D eigenvalue weighted by molar-refractivity contribution is 5.81. The van der Waals surface area contributed by atoms with E-state index in [0.717, 1.165) is 39.0 Å². The monoisotopic (exact) mass is 405 g/mol. The van der Waals surface area contributed by atoms with Crippen molar-refractivity contribution < 1.29 is 0 Å². The summed E-state index contributed by atoms with van der Waals surface area (Å²) >= 11 is 0. The van der Waals surface area contributed by atoms with Crippen molar-refractivity contribution in [1.29, 1.82) is 0 Å². The SMILES string of the molecule is CC#Cc1nc2c(C)ccnc2n1Cc1ccc(-c2ccccc2)c(-c2nn[nH]n2)c1. The van der Waals surface area contributed by atoms with Gasteiger partial charge in [0, 0.05) is 11.8 Å². The second-order valence-corrected chi connectivity index (χ2v) is 7.18. The van der Waals surface area contributed by atoms with Gasteiger partial charge in [-0.2, -0.15) is 5.21 Å². The van der Waals surface area contributed by atoms with E-state index in [9.17, 15) is 0 Å². The maximum absolute atomic E-state index is 4.72. The van der Waals surface area contributed by atoms with Crippen LogP contribution in [-0.2, 0) is 6.54 Å². The highest BCUT2D eigenvalue weighted by Gasteiger charge is 2.16. The number of hydrogen-bond acceptors (Lipinski definition) is 5. The molecule has 5 aromatic rings. The van der Waals surface area contributed by atoms with E-state index < -0.39 is 0 Å². The van der Waals surface area contributed by atoms with E-state index in [-0.39, 0.29) is 0 Å². The van der Waals surface area contributed by atoms with Crippen LogP contribution in [0.2, 0.25) is 0 Å². The summed E-state index contributed by atoms with van der Waals surface area (Å²) in [7, 11) is 0. The lowest BCUT2D eigenvalue weighted by Crippen LogP contribution is -2.04. The van der Waals surface area contributed by atoms with Gasteiger partial charge >= 0.3 is 0 Å². The molecule has 0 aliphatic rings. The molecule has 31 heavy (non-hydrogen) atoms. The van der Waals surface area contributed by atoms with Gasteiger partial charge in [-0.1, -0.05) is 48.4 Å². The zero-order valence-corrected chi connectivity index (χ0v) is 17.2. The van der Waals surface area contributed by atoms with E-state index in [1.54, 1.807) is 0 Å². The molecule has 0 aliphatic heterocycles. The highest BCUT2D eigenvalue weighted by atomic mass is 15.5. The molecular weight excluding hydrogens is 386 g/mol. The number of pyridine rings is 1. The minimum absolute atomic E-state index is 0.554. The van der Waals surface area contributed by atoms with Crippen LogP contribution in [0.25, 0.3) is 33.7 Å². The quantitative estimate of drug-likeness (QED) is 0.457. The van der Waals surface area contributed by atoms with Crippen LogP contribution in [0.3, 0.4) is 0 Å². The summed E-state index contributed by atoms with van der Waals surface area (Å²) in [6.45, 7) is 4.43. The molecular formula is C24H19N7. The number of rotatable bonds is 4. The molecule has 0 amide bonds. The molecule has 0 aliphatic carbocycles. The predicted octanol–water partition coefficient (Wildman–Crippen LogP) is 4.01. The number of imidazole rings is 1. The lowest BCUT2D eigenvalue weighted by molar-refractivity contribution is 0.801. The van der Waals surface area contributed by atoms with Gasteiger partial charge in [0.05, 0.1) is 6.54 Å². The lowest BCUT2D eigenvalue weighted by Gasteiger charge is -2.11. The molecule has 0 spiro atoms. The standard InChI is InChI=1S/C24H19N7/c1-3-7-21-26-22-16(2)12-13-25-24(22)31(21)15-17-10-11-19(18-8-5-4-6-9-18)20(14-17)23-27-29-30-28-23/h4-6,8-14H,15H2,1-2H3,(H,27,28,29,30). The fraction of sp³-hybridized carbons (Fsp3) is 0.125. The topological polar surface area (TPSA) is 85.2 Å². The lowest BCUT2D eigenvalue weighted by atomic mass is 9.97. The Labute approximate surface area is 179 Å². The number of aromatic nitrogens is 7. The second-order valence-electron chi connectivity index (χ2n) is 7.18. The van der Waals surface area contributed by atoms with Gasteiger partial charge in [0.15, 0.2) is 11.5 Å². The molecule has 0 fully saturated rings. The van der Waals surface area contributed by atoms with Crippen molar-refractivity contribution in [3.8, 4) is 34.4 Å². The highest BCUT2D eigenvalue weighted by Crippen LogP contribution is 2.31. The number of nitrogens with one attached hydrogen (secondary N) is 1. The van der Waals surface area contributed by atoms with Crippen LogP contribution in [0.1, 0.15) is 23.9 Å². The van der Waals surface area contributed by atoms with E-state index >= 15 is 0 Å². The Kier molecular flexibility index (Phi) is 4.73. The molecule has 0 unspecified atom stereocenters. The van der Waals surface area contributed by atoms with E-state index in [1.165, 1.54) is 0 Å². The minimum Gasteiger partial charge on any atom is -0.297 e. The van der Waals surface area contributed by atoms with Crippen LogP contribution in [0, 0.1) is 18.8 Å². The average Bonchev–Trinajstić information content (AvgIpc) is 3.45. The fourth-order valence-corrected chi connectivity index (χ4v) is 3.70. The third-order valence-corrected chi connectivity index (χ3v) is 5.17. The molecule has 2 aromatic carbocycles. The van der Waals surface area contributed by atoms with Gasteiger partial charge in [-0.15, -0.1) is 10.2 Å². The summed E-state index contributed by atoms with van der Waals surface area (Å²) in [5.41, 5.74) is 6.90. The molecule has 0 saturated carbocycles. The van der Waals surface area contributed by atoms with Gasteiger partial charge in [-0.3, -0.25) is 4.57 Å². The van der Waals surface area contributed by atoms with Gasteiger partial charge in [0.1, 0.15) is 5.52 Å². The fourth-order valence-electron chi connectivity index (χ4n) is 3.70. The maximum atomic E-state index is 4.72. The van der Waals surface area contributed by atoms with Crippen molar-refractivity contribution in [1.82, 2.24) is 35.2 Å². The molecule has 0 radical (unpaired) electrons. The Bertz CT molecular complexity index is 1420. The minimum atomic E-state index is 0.554. The van der Waals surface area contributed by atoms with Crippen molar-refractivity contribution in [2.45, 2.75) is 20.4 Å². The Morgan fingerprint density at radius 2 is 1.90 bits per heavy atom. The molecule has 7 heteroatoms. The maximum Gasteiger partial charge on any atom is 0.205 e. The predicted molar refractivity (Wildman–Crippen MR) is 119 cm³/mol. The summed E-state index contributed by atoms with van der Waals surface area (Å²) in [6.07, 6.45) is 1.81. The van der Waals surface area contributed by atoms with Crippen molar-refractivity contribution in [2.75, 3.05) is 0 Å². The molecule has 3 aromatic heterocycles. The third kappa shape index (κ3) is 3.45. The number of H-pyrrole nitrogens is 1. The number of aryl methyl sites for hydroxylation is 1. The Morgan fingerprint density at radius 1 is 1.03 bits per heavy atom. The first-order valence-corrected chi connectivity index (χ1v) is 9.91. The van der Waals surface area contributed by atoms with Gasteiger partial charge < -0.3 is 0 Å². The van der Waals surface area contributed by atoms with Gasteiger partial charge in [-0.25, -0.2) is 9.97 Å². The molecule has 0 bridgehead atoms. The van der Waals surface area contributed by atoms with Gasteiger partial charge in [0.25, 0.3) is 0 Å². The van der Waals surface area contributed by atoms with E-state index in [4.69, 9.17) is 4.98 Å². The number of tetrazole rings is 1. The number of aromatic amines is 1.